The Labute approximate surface area is 128 Å². The first kappa shape index (κ1) is 15.9. The predicted octanol–water partition coefficient (Wildman–Crippen LogP) is 0.302. The lowest BCUT2D eigenvalue weighted by atomic mass is 10.2. The molecule has 0 spiro atoms. The standard InChI is InChI=1S/C14H16N4O3S/c1-9(2)22(20,21)18-12-8-10(5-7-13(19)16-3)4-6-11(12)17-14(18)15/h4,6,8-9H,1-3H3,(H2,15,17)(H,16,19). The summed E-state index contributed by atoms with van der Waals surface area (Å²) in [6.45, 7) is 3.13. The molecule has 0 atom stereocenters. The molecule has 2 rings (SSSR count). The van der Waals surface area contributed by atoms with Gasteiger partial charge in [-0.25, -0.2) is 17.4 Å². The van der Waals surface area contributed by atoms with E-state index < -0.39 is 21.2 Å². The minimum atomic E-state index is -3.64. The highest BCUT2D eigenvalue weighted by Gasteiger charge is 2.24. The average Bonchev–Trinajstić information content (AvgIpc) is 2.80. The fraction of sp³-hybridized carbons (Fsp3) is 0.286. The van der Waals surface area contributed by atoms with Crippen molar-refractivity contribution >= 4 is 32.9 Å². The number of nitrogen functional groups attached to an aromatic ring is 1. The number of hydrogen-bond acceptors (Lipinski definition) is 5. The first-order chi connectivity index (χ1) is 10.3. The van der Waals surface area contributed by atoms with Crippen LogP contribution in [-0.4, -0.2) is 35.6 Å². The quantitative estimate of drug-likeness (QED) is 0.774. The summed E-state index contributed by atoms with van der Waals surface area (Å²) in [6, 6.07) is 4.82. The van der Waals surface area contributed by atoms with Crippen molar-refractivity contribution in [3.63, 3.8) is 0 Å². The van der Waals surface area contributed by atoms with E-state index in [4.69, 9.17) is 5.73 Å². The van der Waals surface area contributed by atoms with E-state index >= 15 is 0 Å². The topological polar surface area (TPSA) is 107 Å². The molecule has 0 aliphatic heterocycles. The summed E-state index contributed by atoms with van der Waals surface area (Å²) >= 11 is 0. The normalized spacial score (nSPS) is 11.3. The Bertz CT molecular complexity index is 901. The molecule has 7 nitrogen and oxygen atoms in total. The highest BCUT2D eigenvalue weighted by atomic mass is 32.2. The van der Waals surface area contributed by atoms with Gasteiger partial charge in [0.1, 0.15) is 0 Å². The largest absolute Gasteiger partial charge is 0.368 e. The molecule has 116 valence electrons. The Morgan fingerprint density at radius 1 is 1.41 bits per heavy atom. The number of nitrogens with two attached hydrogens (primary N) is 1. The van der Waals surface area contributed by atoms with E-state index in [0.29, 0.717) is 16.6 Å². The highest BCUT2D eigenvalue weighted by molar-refractivity contribution is 7.90. The lowest BCUT2D eigenvalue weighted by molar-refractivity contribution is -0.115. The first-order valence-electron chi connectivity index (χ1n) is 6.53. The number of carbonyl (C=O) groups is 1. The number of aromatic nitrogens is 2. The molecule has 0 saturated heterocycles. The molecule has 22 heavy (non-hydrogen) atoms. The van der Waals surface area contributed by atoms with E-state index in [-0.39, 0.29) is 5.95 Å². The second-order valence-electron chi connectivity index (χ2n) is 4.86. The number of rotatable bonds is 2. The second-order valence-corrected chi connectivity index (χ2v) is 7.20. The Balaban J connectivity index is 2.66. The summed E-state index contributed by atoms with van der Waals surface area (Å²) in [5.74, 6) is 4.53. The third-order valence-corrected chi connectivity index (χ3v) is 5.12. The number of hydrogen-bond donors (Lipinski definition) is 2. The maximum absolute atomic E-state index is 12.4. The van der Waals surface area contributed by atoms with Crippen LogP contribution in [0.25, 0.3) is 11.0 Å². The lowest BCUT2D eigenvalue weighted by Crippen LogP contribution is -2.23. The van der Waals surface area contributed by atoms with E-state index in [2.05, 4.69) is 22.1 Å². The van der Waals surface area contributed by atoms with Gasteiger partial charge < -0.3 is 11.1 Å². The van der Waals surface area contributed by atoms with Crippen LogP contribution in [-0.2, 0) is 14.8 Å². The Morgan fingerprint density at radius 2 is 2.09 bits per heavy atom. The molecule has 1 amide bonds. The van der Waals surface area contributed by atoms with Gasteiger partial charge in [-0.05, 0) is 32.0 Å². The summed E-state index contributed by atoms with van der Waals surface area (Å²) in [7, 11) is -2.16. The molecule has 0 radical (unpaired) electrons. The van der Waals surface area contributed by atoms with Crippen molar-refractivity contribution in [2.45, 2.75) is 19.1 Å². The van der Waals surface area contributed by atoms with Gasteiger partial charge in [-0.3, -0.25) is 4.79 Å². The summed E-state index contributed by atoms with van der Waals surface area (Å²) < 4.78 is 25.8. The van der Waals surface area contributed by atoms with Crippen LogP contribution in [0, 0.1) is 11.8 Å². The lowest BCUT2D eigenvalue weighted by Gasteiger charge is -2.11. The van der Waals surface area contributed by atoms with Crippen molar-refractivity contribution < 1.29 is 13.2 Å². The van der Waals surface area contributed by atoms with Crippen LogP contribution in [0.15, 0.2) is 18.2 Å². The van der Waals surface area contributed by atoms with Gasteiger partial charge in [0, 0.05) is 18.5 Å². The van der Waals surface area contributed by atoms with E-state index in [1.54, 1.807) is 32.0 Å². The minimum absolute atomic E-state index is 0.0971. The third-order valence-electron chi connectivity index (χ3n) is 3.03. The molecular formula is C14H16N4O3S. The zero-order valence-corrected chi connectivity index (χ0v) is 13.2. The second kappa shape index (κ2) is 5.69. The van der Waals surface area contributed by atoms with Gasteiger partial charge in [0.15, 0.2) is 0 Å². The number of nitrogens with one attached hydrogen (secondary N) is 1. The number of amides is 1. The zero-order chi connectivity index (χ0) is 16.5. The SMILES string of the molecule is CNC(=O)C#Cc1ccc2nc(N)n(S(=O)(=O)C(C)C)c2c1. The van der Waals surface area contributed by atoms with Crippen molar-refractivity contribution in [3.05, 3.63) is 23.8 Å². The van der Waals surface area contributed by atoms with Gasteiger partial charge in [-0.15, -0.1) is 0 Å². The molecule has 0 fully saturated rings. The molecule has 8 heteroatoms. The van der Waals surface area contributed by atoms with Crippen LogP contribution in [0.3, 0.4) is 0 Å². The molecule has 0 bridgehead atoms. The number of anilines is 1. The molecule has 0 saturated carbocycles. The molecule has 0 unspecified atom stereocenters. The number of nitrogens with zero attached hydrogens (tertiary/aromatic N) is 2. The summed E-state index contributed by atoms with van der Waals surface area (Å²) in [5.41, 5.74) is 7.03. The summed E-state index contributed by atoms with van der Waals surface area (Å²) in [5, 5.41) is 1.74. The van der Waals surface area contributed by atoms with E-state index in [1.165, 1.54) is 7.05 Å². The Kier molecular flexibility index (Phi) is 4.10. The highest BCUT2D eigenvalue weighted by Crippen LogP contribution is 2.23. The number of fused-ring (bicyclic) bond motifs is 1. The van der Waals surface area contributed by atoms with Crippen molar-refractivity contribution in [1.29, 1.82) is 0 Å². The van der Waals surface area contributed by atoms with Crippen LogP contribution in [0.5, 0.6) is 0 Å². The average molecular weight is 320 g/mol. The Morgan fingerprint density at radius 3 is 2.68 bits per heavy atom. The van der Waals surface area contributed by atoms with Gasteiger partial charge in [0.25, 0.3) is 5.91 Å². The van der Waals surface area contributed by atoms with Crippen molar-refractivity contribution in [3.8, 4) is 11.8 Å². The molecule has 1 aromatic heterocycles. The van der Waals surface area contributed by atoms with E-state index in [0.717, 1.165) is 3.97 Å². The van der Waals surface area contributed by atoms with Crippen molar-refractivity contribution in [1.82, 2.24) is 14.3 Å². The molecule has 0 aliphatic rings. The first-order valence-corrected chi connectivity index (χ1v) is 8.03. The van der Waals surface area contributed by atoms with Crippen LogP contribution >= 0.6 is 0 Å². The van der Waals surface area contributed by atoms with Gasteiger partial charge in [0.05, 0.1) is 16.3 Å². The molecule has 2 aromatic rings. The summed E-state index contributed by atoms with van der Waals surface area (Å²) in [6.07, 6.45) is 0. The monoisotopic (exact) mass is 320 g/mol. The van der Waals surface area contributed by atoms with Gasteiger partial charge >= 0.3 is 0 Å². The minimum Gasteiger partial charge on any atom is -0.368 e. The predicted molar refractivity (Wildman–Crippen MR) is 84.5 cm³/mol. The maximum atomic E-state index is 12.4. The fourth-order valence-electron chi connectivity index (χ4n) is 1.82. The van der Waals surface area contributed by atoms with Crippen LogP contribution < -0.4 is 11.1 Å². The molecule has 1 heterocycles. The van der Waals surface area contributed by atoms with E-state index in [9.17, 15) is 13.2 Å². The zero-order valence-electron chi connectivity index (χ0n) is 12.4. The number of carbonyl (C=O) groups excluding carboxylic acids is 1. The van der Waals surface area contributed by atoms with Gasteiger partial charge in [-0.1, -0.05) is 5.92 Å². The molecule has 0 aliphatic carbocycles. The number of imidazole rings is 1. The maximum Gasteiger partial charge on any atom is 0.295 e. The van der Waals surface area contributed by atoms with E-state index in [1.807, 2.05) is 0 Å². The fourth-order valence-corrected chi connectivity index (χ4v) is 2.96. The molecular weight excluding hydrogens is 304 g/mol. The Hall–Kier alpha value is -2.53. The van der Waals surface area contributed by atoms with Crippen molar-refractivity contribution in [2.75, 3.05) is 12.8 Å². The van der Waals surface area contributed by atoms with Crippen LogP contribution in [0.1, 0.15) is 19.4 Å². The van der Waals surface area contributed by atoms with Gasteiger partial charge in [0.2, 0.25) is 16.0 Å². The van der Waals surface area contributed by atoms with Crippen LogP contribution in [0.2, 0.25) is 0 Å². The third kappa shape index (κ3) is 2.76. The van der Waals surface area contributed by atoms with Gasteiger partial charge in [-0.2, -0.15) is 0 Å². The number of benzene rings is 1. The summed E-state index contributed by atoms with van der Waals surface area (Å²) in [4.78, 5) is 15.2. The van der Waals surface area contributed by atoms with Crippen LogP contribution in [0.4, 0.5) is 5.95 Å². The van der Waals surface area contributed by atoms with Crippen molar-refractivity contribution in [2.24, 2.45) is 0 Å². The molecule has 3 N–H and O–H groups in total. The smallest absolute Gasteiger partial charge is 0.295 e. The molecule has 1 aromatic carbocycles.